The largest absolute Gasteiger partial charge is 0.410 e. The first-order valence-corrected chi connectivity index (χ1v) is 12.1. The predicted octanol–water partition coefficient (Wildman–Crippen LogP) is 3.71. The Hall–Kier alpha value is -2.21. The molecule has 0 amide bonds. The summed E-state index contributed by atoms with van der Waals surface area (Å²) in [7, 11) is -0.476. The number of rotatable bonds is 7. The van der Waals surface area contributed by atoms with Crippen LogP contribution in [0, 0.1) is 0 Å². The molecule has 152 valence electrons. The molecule has 3 aromatic heterocycles. The van der Waals surface area contributed by atoms with E-state index in [4.69, 9.17) is 4.42 Å². The first-order chi connectivity index (χ1) is 13.9. The van der Waals surface area contributed by atoms with Crippen LogP contribution in [0.25, 0.3) is 21.8 Å². The van der Waals surface area contributed by atoms with Gasteiger partial charge >= 0.3 is 0 Å². The monoisotopic (exact) mass is 449 g/mol. The Morgan fingerprint density at radius 2 is 2.07 bits per heavy atom. The van der Waals surface area contributed by atoms with Crippen LogP contribution >= 0.6 is 23.1 Å². The summed E-state index contributed by atoms with van der Waals surface area (Å²) in [4.78, 5) is 5.82. The van der Waals surface area contributed by atoms with Gasteiger partial charge in [0, 0.05) is 20.6 Å². The molecule has 0 unspecified atom stereocenters. The lowest BCUT2D eigenvalue weighted by atomic mass is 10.3. The standard InChI is InChI=1S/C18H19N5O3S3/c1-4-23-14-8-7-12(29(24,25)22(2)3)10-13(14)19-16(23)11-28-18-21-20-17(26-18)15-6-5-9-27-15/h5-10H,4,11H2,1-3H3. The van der Waals surface area contributed by atoms with E-state index in [9.17, 15) is 8.42 Å². The lowest BCUT2D eigenvalue weighted by Crippen LogP contribution is -2.22. The highest BCUT2D eigenvalue weighted by Gasteiger charge is 2.20. The van der Waals surface area contributed by atoms with Crippen molar-refractivity contribution >= 4 is 44.2 Å². The number of thiophene rings is 1. The highest BCUT2D eigenvalue weighted by atomic mass is 32.2. The molecule has 0 aliphatic heterocycles. The minimum atomic E-state index is -3.51. The van der Waals surface area contributed by atoms with Crippen LogP contribution < -0.4 is 0 Å². The maximum atomic E-state index is 12.4. The van der Waals surface area contributed by atoms with Crippen LogP contribution in [0.15, 0.2) is 50.2 Å². The Bertz CT molecular complexity index is 1240. The molecule has 0 spiro atoms. The van der Waals surface area contributed by atoms with Gasteiger partial charge in [-0.2, -0.15) is 0 Å². The molecule has 4 rings (SSSR count). The normalized spacial score (nSPS) is 12.3. The summed E-state index contributed by atoms with van der Waals surface area (Å²) in [6.45, 7) is 2.75. The topological polar surface area (TPSA) is 94.1 Å². The fourth-order valence-corrected chi connectivity index (χ4v) is 5.16. The van der Waals surface area contributed by atoms with Crippen molar-refractivity contribution in [2.24, 2.45) is 0 Å². The van der Waals surface area contributed by atoms with Crippen molar-refractivity contribution in [2.75, 3.05) is 14.1 Å². The molecule has 0 aliphatic rings. The third kappa shape index (κ3) is 3.82. The van der Waals surface area contributed by atoms with E-state index in [0.717, 1.165) is 22.8 Å². The zero-order valence-electron chi connectivity index (χ0n) is 16.1. The van der Waals surface area contributed by atoms with Crippen molar-refractivity contribution in [3.8, 4) is 10.8 Å². The van der Waals surface area contributed by atoms with E-state index in [-0.39, 0.29) is 4.90 Å². The molecule has 0 N–H and O–H groups in total. The number of hydrogen-bond donors (Lipinski definition) is 0. The molecule has 8 nitrogen and oxygen atoms in total. The molecule has 4 aromatic rings. The van der Waals surface area contributed by atoms with Crippen LogP contribution in [0.4, 0.5) is 0 Å². The molecular weight excluding hydrogens is 430 g/mol. The van der Waals surface area contributed by atoms with E-state index in [0.29, 0.717) is 22.4 Å². The summed E-state index contributed by atoms with van der Waals surface area (Å²) in [5.74, 6) is 1.86. The number of hydrogen-bond acceptors (Lipinski definition) is 8. The first-order valence-electron chi connectivity index (χ1n) is 8.82. The molecule has 0 radical (unpaired) electrons. The number of nitrogens with zero attached hydrogens (tertiary/aromatic N) is 5. The van der Waals surface area contributed by atoms with Crippen LogP contribution in [0.2, 0.25) is 0 Å². The molecule has 0 aliphatic carbocycles. The van der Waals surface area contributed by atoms with Gasteiger partial charge in [-0.15, -0.1) is 21.5 Å². The second kappa shape index (κ2) is 7.90. The molecule has 0 saturated heterocycles. The van der Waals surface area contributed by atoms with E-state index in [1.54, 1.807) is 29.5 Å². The van der Waals surface area contributed by atoms with Gasteiger partial charge in [0.1, 0.15) is 5.82 Å². The number of sulfonamides is 1. The predicted molar refractivity (Wildman–Crippen MR) is 113 cm³/mol. The van der Waals surface area contributed by atoms with Crippen molar-refractivity contribution in [3.63, 3.8) is 0 Å². The molecule has 11 heteroatoms. The molecule has 0 saturated carbocycles. The average Bonchev–Trinajstić information content (AvgIpc) is 3.43. The van der Waals surface area contributed by atoms with Gasteiger partial charge in [0.05, 0.1) is 26.6 Å². The Kier molecular flexibility index (Phi) is 5.47. The van der Waals surface area contributed by atoms with Gasteiger partial charge in [-0.1, -0.05) is 17.8 Å². The zero-order chi connectivity index (χ0) is 20.6. The van der Waals surface area contributed by atoms with E-state index in [1.807, 2.05) is 24.4 Å². The molecule has 0 bridgehead atoms. The summed E-state index contributed by atoms with van der Waals surface area (Å²) in [5.41, 5.74) is 1.54. The van der Waals surface area contributed by atoms with Gasteiger partial charge < -0.3 is 8.98 Å². The van der Waals surface area contributed by atoms with Gasteiger partial charge in [0.25, 0.3) is 11.1 Å². The first kappa shape index (κ1) is 20.1. The van der Waals surface area contributed by atoms with Gasteiger partial charge in [-0.3, -0.25) is 0 Å². The summed E-state index contributed by atoms with van der Waals surface area (Å²) < 4.78 is 33.8. The maximum absolute atomic E-state index is 12.4. The minimum absolute atomic E-state index is 0.229. The summed E-state index contributed by atoms with van der Waals surface area (Å²) >= 11 is 2.95. The van der Waals surface area contributed by atoms with Crippen molar-refractivity contribution in [1.29, 1.82) is 0 Å². The second-order valence-corrected chi connectivity index (χ2v) is 10.4. The van der Waals surface area contributed by atoms with Crippen LogP contribution in [-0.2, 0) is 22.3 Å². The quantitative estimate of drug-likeness (QED) is 0.397. The van der Waals surface area contributed by atoms with Crippen LogP contribution in [-0.4, -0.2) is 46.6 Å². The minimum Gasteiger partial charge on any atom is -0.410 e. The van der Waals surface area contributed by atoms with Crippen LogP contribution in [0.5, 0.6) is 0 Å². The summed E-state index contributed by atoms with van der Waals surface area (Å²) in [5, 5.41) is 10.6. The van der Waals surface area contributed by atoms with E-state index < -0.39 is 10.0 Å². The molecular formula is C18H19N5O3S3. The Morgan fingerprint density at radius 1 is 1.24 bits per heavy atom. The van der Waals surface area contributed by atoms with Crippen LogP contribution in [0.3, 0.4) is 0 Å². The number of aromatic nitrogens is 4. The lowest BCUT2D eigenvalue weighted by Gasteiger charge is -2.11. The van der Waals surface area contributed by atoms with Gasteiger partial charge in [-0.05, 0) is 36.6 Å². The van der Waals surface area contributed by atoms with Gasteiger partial charge in [0.2, 0.25) is 10.0 Å². The molecule has 3 heterocycles. The summed E-state index contributed by atoms with van der Waals surface area (Å²) in [6, 6.07) is 8.91. The number of benzene rings is 1. The van der Waals surface area contributed by atoms with Crippen LogP contribution in [0.1, 0.15) is 12.7 Å². The highest BCUT2D eigenvalue weighted by Crippen LogP contribution is 2.29. The third-order valence-corrected chi connectivity index (χ3v) is 7.84. The number of imidazole rings is 1. The molecule has 29 heavy (non-hydrogen) atoms. The van der Waals surface area contributed by atoms with Crippen molar-refractivity contribution in [3.05, 3.63) is 41.5 Å². The Morgan fingerprint density at radius 3 is 2.76 bits per heavy atom. The number of thioether (sulfide) groups is 1. The molecule has 0 fully saturated rings. The third-order valence-electron chi connectivity index (χ3n) is 4.36. The smallest absolute Gasteiger partial charge is 0.277 e. The van der Waals surface area contributed by atoms with E-state index in [1.165, 1.54) is 30.2 Å². The second-order valence-electron chi connectivity index (χ2n) is 6.35. The maximum Gasteiger partial charge on any atom is 0.277 e. The molecule has 0 atom stereocenters. The number of aryl methyl sites for hydroxylation is 1. The average molecular weight is 450 g/mol. The fourth-order valence-electron chi connectivity index (χ4n) is 2.89. The Labute approximate surface area is 176 Å². The van der Waals surface area contributed by atoms with Gasteiger partial charge in [-0.25, -0.2) is 17.7 Å². The van der Waals surface area contributed by atoms with Gasteiger partial charge in [0.15, 0.2) is 0 Å². The van der Waals surface area contributed by atoms with Crippen molar-refractivity contribution in [1.82, 2.24) is 24.1 Å². The highest BCUT2D eigenvalue weighted by molar-refractivity contribution is 7.98. The zero-order valence-corrected chi connectivity index (χ0v) is 18.5. The van der Waals surface area contributed by atoms with E-state index >= 15 is 0 Å². The molecule has 1 aromatic carbocycles. The number of fused-ring (bicyclic) bond motifs is 1. The van der Waals surface area contributed by atoms with E-state index in [2.05, 4.69) is 19.7 Å². The lowest BCUT2D eigenvalue weighted by molar-refractivity contribution is 0.466. The SMILES string of the molecule is CCn1c(CSc2nnc(-c3cccs3)o2)nc2cc(S(=O)(=O)N(C)C)ccc21. The fraction of sp³-hybridized carbons (Fsp3) is 0.278. The summed E-state index contributed by atoms with van der Waals surface area (Å²) in [6.07, 6.45) is 0. The van der Waals surface area contributed by atoms with Crippen molar-refractivity contribution < 1.29 is 12.8 Å². The Balaban J connectivity index is 1.60. The van der Waals surface area contributed by atoms with Crippen molar-refractivity contribution in [2.45, 2.75) is 29.3 Å².